The van der Waals surface area contributed by atoms with Gasteiger partial charge in [0.2, 0.25) is 0 Å². The van der Waals surface area contributed by atoms with E-state index in [0.717, 1.165) is 66.3 Å². The normalized spacial score (nSPS) is 12.4. The van der Waals surface area contributed by atoms with E-state index in [2.05, 4.69) is 120 Å². The number of rotatable bonds is 5. The lowest BCUT2D eigenvalue weighted by Crippen LogP contribution is -1.94. The van der Waals surface area contributed by atoms with Crippen molar-refractivity contribution in [3.8, 4) is 44.8 Å². The Labute approximate surface area is 294 Å². The molecule has 10 aromatic rings. The van der Waals surface area contributed by atoms with Gasteiger partial charge in [0, 0.05) is 32.9 Å². The Bertz CT molecular complexity index is 3000. The van der Waals surface area contributed by atoms with Crippen LogP contribution in [0, 0.1) is 0 Å². The van der Waals surface area contributed by atoms with Crippen LogP contribution in [0.4, 0.5) is 0 Å². The molecule has 0 fully saturated rings. The lowest BCUT2D eigenvalue weighted by atomic mass is 9.99. The van der Waals surface area contributed by atoms with Gasteiger partial charge in [-0.3, -0.25) is 0 Å². The van der Waals surface area contributed by atoms with E-state index in [-0.39, 0.29) is 18.1 Å². The first-order valence-electron chi connectivity index (χ1n) is 18.4. The van der Waals surface area contributed by atoms with Crippen LogP contribution in [0.15, 0.2) is 194 Å². The summed E-state index contributed by atoms with van der Waals surface area (Å²) in [4.78, 5) is 0. The van der Waals surface area contributed by atoms with Crippen molar-refractivity contribution in [1.29, 1.82) is 0 Å². The second-order valence-corrected chi connectivity index (χ2v) is 12.7. The van der Waals surface area contributed by atoms with Gasteiger partial charge >= 0.3 is 0 Å². The van der Waals surface area contributed by atoms with E-state index >= 15 is 0 Å². The van der Waals surface area contributed by atoms with Crippen molar-refractivity contribution in [1.82, 2.24) is 9.13 Å². The zero-order chi connectivity index (χ0) is 35.6. The molecule has 0 saturated heterocycles. The molecule has 50 heavy (non-hydrogen) atoms. The van der Waals surface area contributed by atoms with Crippen molar-refractivity contribution in [2.24, 2.45) is 0 Å². The summed E-state index contributed by atoms with van der Waals surface area (Å²) in [5.74, 6) is 0. The molecule has 0 aliphatic carbocycles. The van der Waals surface area contributed by atoms with Crippen LogP contribution in [0.1, 0.15) is 4.11 Å². The van der Waals surface area contributed by atoms with Gasteiger partial charge in [0.15, 0.2) is 0 Å². The number of hydrogen-bond acceptors (Lipinski definition) is 0. The largest absolute Gasteiger partial charge is 0.309 e. The fourth-order valence-electron chi connectivity index (χ4n) is 7.45. The minimum atomic E-state index is 0.0466. The summed E-state index contributed by atoms with van der Waals surface area (Å²) in [7, 11) is 0. The maximum atomic E-state index is 9.83. The summed E-state index contributed by atoms with van der Waals surface area (Å²) in [5, 5.41) is 3.70. The number of aromatic nitrogens is 2. The predicted octanol–water partition coefficient (Wildman–Crippen LogP) is 12.9. The topological polar surface area (TPSA) is 9.86 Å². The van der Waals surface area contributed by atoms with Gasteiger partial charge in [-0.25, -0.2) is 0 Å². The van der Waals surface area contributed by atoms with Gasteiger partial charge in [-0.1, -0.05) is 127 Å². The van der Waals surface area contributed by atoms with Gasteiger partial charge in [-0.2, -0.15) is 0 Å². The van der Waals surface area contributed by atoms with Gasteiger partial charge in [0.05, 0.1) is 26.2 Å². The molecular weight excluding hydrogens is 605 g/mol. The zero-order valence-electron chi connectivity index (χ0n) is 30.1. The van der Waals surface area contributed by atoms with E-state index in [1.165, 1.54) is 5.56 Å². The molecule has 234 valence electrons. The fraction of sp³-hybridized carbons (Fsp3) is 0. The third-order valence-corrected chi connectivity index (χ3v) is 9.84. The molecule has 2 aromatic heterocycles. The second-order valence-electron chi connectivity index (χ2n) is 12.7. The summed E-state index contributed by atoms with van der Waals surface area (Å²) >= 11 is 0. The Morgan fingerprint density at radius 1 is 0.300 bits per heavy atom. The number of fused-ring (bicyclic) bond motifs is 6. The third-order valence-electron chi connectivity index (χ3n) is 9.84. The van der Waals surface area contributed by atoms with Crippen LogP contribution >= 0.6 is 0 Å². The van der Waals surface area contributed by atoms with Crippen LogP contribution < -0.4 is 0 Å². The molecule has 0 unspecified atom stereocenters. The summed E-state index contributed by atoms with van der Waals surface area (Å²) < 4.78 is 33.1. The molecule has 0 saturated carbocycles. The monoisotopic (exact) mass is 639 g/mol. The molecule has 0 spiro atoms. The molecule has 2 heterocycles. The molecule has 0 atom stereocenters. The van der Waals surface area contributed by atoms with Crippen LogP contribution in [-0.4, -0.2) is 9.13 Å². The van der Waals surface area contributed by atoms with Gasteiger partial charge in [0.1, 0.15) is 0 Å². The smallest absolute Gasteiger partial charge is 0.0645 e. The Kier molecular flexibility index (Phi) is 5.84. The molecule has 0 N–H and O–H groups in total. The van der Waals surface area contributed by atoms with Crippen molar-refractivity contribution in [3.05, 3.63) is 194 Å². The Morgan fingerprint density at radius 2 is 0.760 bits per heavy atom. The maximum absolute atomic E-state index is 9.83. The molecule has 0 aliphatic heterocycles. The summed E-state index contributed by atoms with van der Waals surface area (Å²) in [6.07, 6.45) is 0. The molecule has 8 aromatic carbocycles. The van der Waals surface area contributed by atoms with Gasteiger partial charge in [-0.05, 0) is 100 Å². The fourth-order valence-corrected chi connectivity index (χ4v) is 7.45. The average molecular weight is 640 g/mol. The molecule has 0 amide bonds. The molecule has 2 heteroatoms. The molecule has 0 aliphatic rings. The summed E-state index contributed by atoms with van der Waals surface area (Å²) in [6.45, 7) is 0. The minimum Gasteiger partial charge on any atom is -0.309 e. The van der Waals surface area contributed by atoms with Crippen molar-refractivity contribution in [2.45, 2.75) is 0 Å². The van der Waals surface area contributed by atoms with Crippen LogP contribution in [0.5, 0.6) is 0 Å². The van der Waals surface area contributed by atoms with Crippen molar-refractivity contribution < 1.29 is 4.11 Å². The van der Waals surface area contributed by atoms with Crippen molar-refractivity contribution in [2.75, 3.05) is 0 Å². The Morgan fingerprint density at radius 3 is 1.44 bits per heavy atom. The van der Waals surface area contributed by atoms with E-state index in [0.29, 0.717) is 16.5 Å². The molecular formula is C48H32N2. The second kappa shape index (κ2) is 11.5. The first-order chi connectivity index (χ1) is 26.1. The zero-order valence-corrected chi connectivity index (χ0v) is 27.1. The highest BCUT2D eigenvalue weighted by molar-refractivity contribution is 6.13. The van der Waals surface area contributed by atoms with Crippen LogP contribution in [-0.2, 0) is 0 Å². The average Bonchev–Trinajstić information content (AvgIpc) is 3.74. The highest BCUT2D eigenvalue weighted by Crippen LogP contribution is 2.39. The molecule has 10 rings (SSSR count). The first-order valence-corrected chi connectivity index (χ1v) is 16.9. The first kappa shape index (κ1) is 25.4. The predicted molar refractivity (Wildman–Crippen MR) is 211 cm³/mol. The van der Waals surface area contributed by atoms with Crippen molar-refractivity contribution >= 4 is 43.6 Å². The molecule has 2 nitrogen and oxygen atoms in total. The molecule has 0 bridgehead atoms. The van der Waals surface area contributed by atoms with E-state index in [9.17, 15) is 4.11 Å². The highest BCUT2D eigenvalue weighted by Gasteiger charge is 2.17. The van der Waals surface area contributed by atoms with Crippen LogP contribution in [0.3, 0.4) is 0 Å². The number of benzene rings is 8. The highest BCUT2D eigenvalue weighted by atomic mass is 15.0. The van der Waals surface area contributed by atoms with Crippen LogP contribution in [0.2, 0.25) is 0 Å². The van der Waals surface area contributed by atoms with Gasteiger partial charge in [0.25, 0.3) is 0 Å². The number of hydrogen-bond donors (Lipinski definition) is 0. The van der Waals surface area contributed by atoms with Gasteiger partial charge < -0.3 is 9.13 Å². The summed E-state index contributed by atoms with van der Waals surface area (Å²) in [6, 6.07) is 60.6. The van der Waals surface area contributed by atoms with E-state index in [1.54, 1.807) is 0 Å². The van der Waals surface area contributed by atoms with E-state index in [1.807, 2.05) is 65.2 Å². The number of para-hydroxylation sites is 2. The quantitative estimate of drug-likeness (QED) is 0.177. The number of nitrogens with zero attached hydrogens (tertiary/aromatic N) is 2. The van der Waals surface area contributed by atoms with E-state index in [4.69, 9.17) is 0 Å². The standard InChI is InChI=1S/C48H32N2/c1-4-12-33(13-5-1)35-20-25-40(26-21-35)50-45-19-11-10-18-41(45)42-31-37(23-28-46(42)50)38-24-29-48-44(32-38)43-30-36(34-14-6-2-7-15-34)22-27-47(43)49(48)39-16-8-3-9-17-39/h1-32H/i24D,29D,32D. The van der Waals surface area contributed by atoms with E-state index < -0.39 is 0 Å². The van der Waals surface area contributed by atoms with Crippen molar-refractivity contribution in [3.63, 3.8) is 0 Å². The SMILES string of the molecule is [2H]c1c(-c2ccc3c(c2)c2ccccc2n3-c2ccc(-c3ccccc3)cc2)c([2H])c2c3cc(-c4ccccc4)ccc3n(-c3ccccc3)c2c1[2H]. The van der Waals surface area contributed by atoms with Crippen LogP contribution in [0.25, 0.3) is 88.4 Å². The Hall–Kier alpha value is -6.64. The lowest BCUT2D eigenvalue weighted by Gasteiger charge is -2.10. The lowest BCUT2D eigenvalue weighted by molar-refractivity contribution is 1.18. The third kappa shape index (κ3) is 4.57. The molecule has 0 radical (unpaired) electrons. The minimum absolute atomic E-state index is 0.0466. The van der Waals surface area contributed by atoms with Gasteiger partial charge in [-0.15, -0.1) is 0 Å². The Balaban J connectivity index is 1.20. The maximum Gasteiger partial charge on any atom is 0.0645 e. The summed E-state index contributed by atoms with van der Waals surface area (Å²) in [5.41, 5.74) is 11.2.